The van der Waals surface area contributed by atoms with E-state index in [1.54, 1.807) is 30.4 Å². The average Bonchev–Trinajstić information content (AvgIpc) is 1.74. The molecule has 3 amide bonds. The molecule has 15 heteroatoms. The van der Waals surface area contributed by atoms with Crippen LogP contribution in [0.25, 0.3) is 23.3 Å². The number of ether oxygens (including phenoxy) is 4. The lowest BCUT2D eigenvalue weighted by molar-refractivity contribution is -0.128. The normalized spacial score (nSPS) is 17.0. The third-order valence-electron chi connectivity index (χ3n) is 19.0. The number of halogens is 2. The molecule has 6 heterocycles. The number of likely N-dealkylation sites (tertiary alicyclic amines) is 3. The minimum absolute atomic E-state index is 0.00821. The van der Waals surface area contributed by atoms with Gasteiger partial charge in [-0.3, -0.25) is 14.4 Å². The fourth-order valence-electron chi connectivity index (χ4n) is 13.4. The fraction of sp³-hybridized carbons (Fsp3) is 0.276. The maximum atomic E-state index is 13.2. The van der Waals surface area contributed by atoms with Crippen molar-refractivity contribution in [3.63, 3.8) is 0 Å². The molecule has 0 atom stereocenters. The van der Waals surface area contributed by atoms with Crippen molar-refractivity contribution < 1.29 is 33.3 Å². The number of nitrogens with two attached hydrogens (primary N) is 3. The van der Waals surface area contributed by atoms with Crippen LogP contribution < -0.4 is 36.1 Å². The standard InChI is InChI=1S/C28H28N2O2.C26H26N2O3.C22H22Cl2N2O2/c29-19-22-8-12-26-25(18-22)28(20-32-26)14-16-30(17-15-28)27(31)13-9-21-6-10-24(11-7-21)23-4-2-1-3-5-23;27-17-19-9-10-24-23(15-19)26(18-30-24)11-13-28(14-12-26)25(29)20-5-4-8-22(16-20)31-21-6-2-1-3-7-21;23-18-4-1-15(12-19(18)24)3-6-21(27)26-9-7-22(8-10-26)14-28-20-5-2-16(13-25)11-17(20)22/h1-13,18H,14-17,19-20,29H2;1-10,15-16H,11-14,17-18,27H2;1-6,11-12H,7-10,13-14,25H2/b13-9+;;6-3+. The number of fused-ring (bicyclic) bond motifs is 6. The first kappa shape index (κ1) is 62.5. The van der Waals surface area contributed by atoms with Gasteiger partial charge in [-0.05, 0) is 150 Å². The monoisotopic (exact) mass is 1250 g/mol. The maximum Gasteiger partial charge on any atom is 0.253 e. The third-order valence-corrected chi connectivity index (χ3v) is 19.7. The van der Waals surface area contributed by atoms with Crippen molar-refractivity contribution in [2.45, 2.75) is 74.4 Å². The van der Waals surface area contributed by atoms with Gasteiger partial charge in [0.05, 0.1) is 29.9 Å². The number of nitrogens with zero attached hydrogens (tertiary/aromatic N) is 3. The third kappa shape index (κ3) is 14.0. The van der Waals surface area contributed by atoms with Gasteiger partial charge in [-0.25, -0.2) is 0 Å². The van der Waals surface area contributed by atoms with Gasteiger partial charge >= 0.3 is 0 Å². The van der Waals surface area contributed by atoms with Gasteiger partial charge in [-0.15, -0.1) is 0 Å². The van der Waals surface area contributed by atoms with Crippen molar-refractivity contribution in [3.05, 3.63) is 254 Å². The molecule has 0 aliphatic carbocycles. The molecule has 0 saturated carbocycles. The van der Waals surface area contributed by atoms with Gasteiger partial charge in [-0.2, -0.15) is 0 Å². The molecule has 91 heavy (non-hydrogen) atoms. The summed E-state index contributed by atoms with van der Waals surface area (Å²) >= 11 is 12.0. The quantitative estimate of drug-likeness (QED) is 0.106. The molecule has 0 radical (unpaired) electrons. The van der Waals surface area contributed by atoms with Crippen LogP contribution in [0.5, 0.6) is 28.7 Å². The lowest BCUT2D eigenvalue weighted by Crippen LogP contribution is -2.46. The molecule has 3 saturated heterocycles. The van der Waals surface area contributed by atoms with E-state index in [9.17, 15) is 14.4 Å². The van der Waals surface area contributed by atoms with Gasteiger partial charge < -0.3 is 50.8 Å². The molecule has 13 nitrogen and oxygen atoms in total. The van der Waals surface area contributed by atoms with Crippen molar-refractivity contribution in [3.8, 4) is 39.9 Å². The zero-order chi connectivity index (χ0) is 63.0. The molecule has 0 unspecified atom stereocenters. The lowest BCUT2D eigenvalue weighted by Gasteiger charge is -2.38. The first-order valence-corrected chi connectivity index (χ1v) is 32.2. The second kappa shape index (κ2) is 27.8. The van der Waals surface area contributed by atoms with E-state index in [4.69, 9.17) is 59.4 Å². The second-order valence-electron chi connectivity index (χ2n) is 24.5. The number of para-hydroxylation sites is 1. The van der Waals surface area contributed by atoms with Crippen LogP contribution in [0.4, 0.5) is 0 Å². The van der Waals surface area contributed by atoms with Crippen LogP contribution >= 0.6 is 23.2 Å². The number of hydrogen-bond acceptors (Lipinski definition) is 10. The number of rotatable bonds is 11. The van der Waals surface area contributed by atoms with E-state index < -0.39 is 0 Å². The number of piperidine rings is 3. The van der Waals surface area contributed by atoms with Gasteiger partial charge in [0, 0.05) is 110 Å². The zero-order valence-corrected chi connectivity index (χ0v) is 52.6. The predicted molar refractivity (Wildman–Crippen MR) is 361 cm³/mol. The zero-order valence-electron chi connectivity index (χ0n) is 51.0. The van der Waals surface area contributed by atoms with E-state index in [1.807, 2.05) is 136 Å². The van der Waals surface area contributed by atoms with Crippen LogP contribution in [0.1, 0.15) is 93.4 Å². The first-order valence-electron chi connectivity index (χ1n) is 31.4. The molecule has 3 fully saturated rings. The highest BCUT2D eigenvalue weighted by atomic mass is 35.5. The molecule has 6 aliphatic rings. The minimum atomic E-state index is -0.0183. The average molecular weight is 1260 g/mol. The molecule has 8 aromatic rings. The van der Waals surface area contributed by atoms with Crippen LogP contribution in [-0.2, 0) is 45.5 Å². The summed E-state index contributed by atoms with van der Waals surface area (Å²) in [6, 6.07) is 59.6. The summed E-state index contributed by atoms with van der Waals surface area (Å²) in [5.74, 6) is 4.43. The minimum Gasteiger partial charge on any atom is -0.492 e. The Morgan fingerprint density at radius 3 is 1.31 bits per heavy atom. The highest BCUT2D eigenvalue weighted by Gasteiger charge is 2.46. The highest BCUT2D eigenvalue weighted by Crippen LogP contribution is 2.49. The molecule has 8 aromatic carbocycles. The summed E-state index contributed by atoms with van der Waals surface area (Å²) < 4.78 is 23.8. The summed E-state index contributed by atoms with van der Waals surface area (Å²) in [4.78, 5) is 44.4. The van der Waals surface area contributed by atoms with E-state index >= 15 is 0 Å². The molecule has 3 spiro atoms. The Balaban J connectivity index is 0.000000132. The van der Waals surface area contributed by atoms with Gasteiger partial charge in [0.15, 0.2) is 0 Å². The summed E-state index contributed by atoms with van der Waals surface area (Å²) in [5.41, 5.74) is 29.5. The van der Waals surface area contributed by atoms with Gasteiger partial charge in [-0.1, -0.05) is 145 Å². The largest absolute Gasteiger partial charge is 0.492 e. The highest BCUT2D eigenvalue weighted by molar-refractivity contribution is 6.42. The molecular weight excluding hydrogens is 1180 g/mol. The predicted octanol–water partition coefficient (Wildman–Crippen LogP) is 13.7. The molecule has 0 bridgehead atoms. The maximum absolute atomic E-state index is 13.2. The Labute approximate surface area is 542 Å². The molecule has 466 valence electrons. The number of carbonyl (C=O) groups is 3. The number of hydrogen-bond donors (Lipinski definition) is 3. The Morgan fingerprint density at radius 2 is 0.846 bits per heavy atom. The molecule has 6 aliphatic heterocycles. The van der Waals surface area contributed by atoms with E-state index in [0.29, 0.717) is 87.0 Å². The fourth-order valence-corrected chi connectivity index (χ4v) is 13.7. The number of benzene rings is 8. The van der Waals surface area contributed by atoms with Gasteiger partial charge in [0.1, 0.15) is 28.7 Å². The van der Waals surface area contributed by atoms with E-state index in [-0.39, 0.29) is 34.0 Å². The summed E-state index contributed by atoms with van der Waals surface area (Å²) in [6.07, 6.45) is 12.4. The SMILES string of the molecule is NCc1ccc2c(c1)C1(CCN(C(=O)/C=C/c3ccc(-c4ccccc4)cc3)CC1)CO2.NCc1ccc2c(c1)C1(CCN(C(=O)/C=C/c3ccc(Cl)c(Cl)c3)CC1)CO2.NCc1ccc2c(c1)C1(CCN(C(=O)c3cccc(Oc4ccccc4)c3)CC1)CO2. The summed E-state index contributed by atoms with van der Waals surface area (Å²) in [7, 11) is 0. The molecule has 6 N–H and O–H groups in total. The molecule has 0 aromatic heterocycles. The first-order chi connectivity index (χ1) is 44.3. The number of amides is 3. The Kier molecular flexibility index (Phi) is 19.1. The van der Waals surface area contributed by atoms with Crippen LogP contribution in [0, 0.1) is 0 Å². The summed E-state index contributed by atoms with van der Waals surface area (Å²) in [5, 5.41) is 0.983. The Bertz CT molecular complexity index is 3970. The summed E-state index contributed by atoms with van der Waals surface area (Å²) in [6.45, 7) is 7.95. The van der Waals surface area contributed by atoms with Gasteiger partial charge in [0.25, 0.3) is 5.91 Å². The lowest BCUT2D eigenvalue weighted by atomic mass is 9.74. The molecular formula is C76H76Cl2N6O7. The molecule has 14 rings (SSSR count). The van der Waals surface area contributed by atoms with Gasteiger partial charge in [0.2, 0.25) is 11.8 Å². The Hall–Kier alpha value is -8.69. The smallest absolute Gasteiger partial charge is 0.253 e. The second-order valence-corrected chi connectivity index (χ2v) is 25.3. The Morgan fingerprint density at radius 1 is 0.429 bits per heavy atom. The van der Waals surface area contributed by atoms with Crippen molar-refractivity contribution in [2.24, 2.45) is 17.2 Å². The number of carbonyl (C=O) groups excluding carboxylic acids is 3. The van der Waals surface area contributed by atoms with Crippen LogP contribution in [0.3, 0.4) is 0 Å². The van der Waals surface area contributed by atoms with E-state index in [1.165, 1.54) is 27.8 Å². The van der Waals surface area contributed by atoms with Crippen LogP contribution in [0.15, 0.2) is 194 Å². The topological polar surface area (TPSA) is 176 Å². The van der Waals surface area contributed by atoms with Crippen molar-refractivity contribution in [2.75, 3.05) is 59.1 Å². The van der Waals surface area contributed by atoms with Crippen LogP contribution in [0.2, 0.25) is 10.0 Å². The van der Waals surface area contributed by atoms with Crippen molar-refractivity contribution in [1.82, 2.24) is 14.7 Å². The van der Waals surface area contributed by atoms with Crippen molar-refractivity contribution in [1.29, 1.82) is 0 Å². The van der Waals surface area contributed by atoms with Crippen molar-refractivity contribution >= 4 is 53.1 Å². The van der Waals surface area contributed by atoms with E-state index in [2.05, 4.69) is 54.6 Å². The van der Waals surface area contributed by atoms with E-state index in [0.717, 1.165) is 102 Å². The van der Waals surface area contributed by atoms with Crippen LogP contribution in [-0.4, -0.2) is 91.5 Å².